The van der Waals surface area contributed by atoms with Crippen LogP contribution in [-0.2, 0) is 76.6 Å². The number of likely N-dealkylation sites (tertiary alicyclic amines) is 3. The number of hydrogen-bond acceptors (Lipinski definition) is 19. The fourth-order valence-electron chi connectivity index (χ4n) is 11.2. The van der Waals surface area contributed by atoms with Crippen LogP contribution in [0.3, 0.4) is 0 Å². The number of amides is 3. The van der Waals surface area contributed by atoms with Gasteiger partial charge in [-0.3, -0.25) is 13.6 Å². The number of sulfonamides is 3. The zero-order valence-electron chi connectivity index (χ0n) is 48.9. The topological polar surface area (TPSA) is 273 Å². The van der Waals surface area contributed by atoms with Crippen molar-refractivity contribution in [2.75, 3.05) is 118 Å². The number of halogens is 9. The van der Waals surface area contributed by atoms with Crippen molar-refractivity contribution in [3.05, 3.63) is 91.0 Å². The quantitative estimate of drug-likeness (QED) is 0.0703. The molecule has 92 heavy (non-hydrogen) atoms. The van der Waals surface area contributed by atoms with Gasteiger partial charge in [-0.15, -0.1) is 0 Å². The summed E-state index contributed by atoms with van der Waals surface area (Å²) < 4.78 is 278. The molecule has 6 fully saturated rings. The molecule has 3 amide bonds. The highest BCUT2D eigenvalue weighted by Crippen LogP contribution is 2.52. The maximum absolute atomic E-state index is 14.8. The summed E-state index contributed by atoms with van der Waals surface area (Å²) in [5.74, 6) is 0. The Morgan fingerprint density at radius 2 is 0.641 bits per heavy atom. The number of phosphoric acid groups is 1. The summed E-state index contributed by atoms with van der Waals surface area (Å²) in [6, 6.07) is 22.1. The van der Waals surface area contributed by atoms with Crippen LogP contribution in [0.4, 0.5) is 53.9 Å². The highest BCUT2D eigenvalue weighted by atomic mass is 32.2. The maximum atomic E-state index is 14.8. The number of ether oxygens (including phenoxy) is 6. The summed E-state index contributed by atoms with van der Waals surface area (Å²) in [4.78, 5) is 42.5. The molecule has 6 aliphatic heterocycles. The number of morpholine rings is 3. The van der Waals surface area contributed by atoms with E-state index in [-0.39, 0.29) is 112 Å². The smallest absolute Gasteiger partial charge is 0.434 e. The van der Waals surface area contributed by atoms with Gasteiger partial charge in [0.25, 0.3) is 0 Å². The molecule has 0 radical (unpaired) electrons. The molecule has 0 unspecified atom stereocenters. The second-order valence-electron chi connectivity index (χ2n) is 22.6. The zero-order valence-corrected chi connectivity index (χ0v) is 52.2. The predicted molar refractivity (Wildman–Crippen MR) is 299 cm³/mol. The van der Waals surface area contributed by atoms with Crippen LogP contribution < -0.4 is 0 Å². The van der Waals surface area contributed by atoms with Gasteiger partial charge in [0.15, 0.2) is 0 Å². The molecule has 0 aromatic heterocycles. The largest absolute Gasteiger partial charge is 0.475 e. The lowest BCUT2D eigenvalue weighted by Crippen LogP contribution is -2.58. The summed E-state index contributed by atoms with van der Waals surface area (Å²) in [7, 11) is -18.4. The lowest BCUT2D eigenvalue weighted by atomic mass is 9.90. The maximum Gasteiger partial charge on any atom is 0.475 e. The van der Waals surface area contributed by atoms with E-state index >= 15 is 0 Å². The van der Waals surface area contributed by atoms with Crippen molar-refractivity contribution in [3.63, 3.8) is 0 Å². The van der Waals surface area contributed by atoms with Crippen molar-refractivity contribution in [1.29, 1.82) is 0 Å². The molecule has 0 aliphatic carbocycles. The molecule has 3 atom stereocenters. The molecule has 0 bridgehead atoms. The number of nitrogens with zero attached hydrogens (tertiary/aromatic N) is 6. The van der Waals surface area contributed by atoms with Crippen molar-refractivity contribution in [1.82, 2.24) is 27.6 Å². The van der Waals surface area contributed by atoms with E-state index < -0.39 is 169 Å². The van der Waals surface area contributed by atoms with Crippen LogP contribution in [-0.4, -0.2) is 243 Å². The Labute approximate surface area is 523 Å². The number of benzene rings is 3. The van der Waals surface area contributed by atoms with Crippen molar-refractivity contribution in [2.45, 2.75) is 107 Å². The predicted octanol–water partition coefficient (Wildman–Crippen LogP) is 7.01. The SMILES string of the molecule is O=C(O[C@H](COP(=O)(OC[C@@H](OC(=O)N1CCC2(CC1)CN(S(=O)(=O)c1ccccc1)CCO2)C(F)(F)F)OC[C@@H](OC(=O)N1CCC2(CC1)CN(S(=O)(=O)c1ccccc1)CCO2)C(F)(F)F)C(F)(F)F)N1CCC2(CC1)CN(S(=O)(=O)c1ccccc1)CCO2. The third-order valence-corrected chi connectivity index (χ3v) is 23.5. The van der Waals surface area contributed by atoms with Crippen LogP contribution in [0.15, 0.2) is 106 Å². The monoisotopic (exact) mass is 1400 g/mol. The number of piperidine rings is 3. The van der Waals surface area contributed by atoms with Gasteiger partial charge in [0.1, 0.15) is 19.8 Å². The van der Waals surface area contributed by atoms with Crippen LogP contribution in [0.1, 0.15) is 38.5 Å². The van der Waals surface area contributed by atoms with Gasteiger partial charge in [-0.05, 0) is 74.9 Å². The van der Waals surface area contributed by atoms with Gasteiger partial charge in [-0.2, -0.15) is 52.4 Å². The van der Waals surface area contributed by atoms with E-state index in [4.69, 9.17) is 42.0 Å². The number of carbonyl (C=O) groups excluding carboxylic acids is 3. The highest BCUT2D eigenvalue weighted by Gasteiger charge is 2.53. The van der Waals surface area contributed by atoms with E-state index in [9.17, 15) is 83.7 Å². The summed E-state index contributed by atoms with van der Waals surface area (Å²) in [6.45, 7) is -9.98. The number of rotatable bonds is 18. The molecule has 0 saturated carbocycles. The zero-order chi connectivity index (χ0) is 66.6. The van der Waals surface area contributed by atoms with Crippen LogP contribution in [0.2, 0.25) is 0 Å². The minimum atomic E-state index is -6.34. The van der Waals surface area contributed by atoms with Gasteiger partial charge in [0.2, 0.25) is 48.4 Å². The summed E-state index contributed by atoms with van der Waals surface area (Å²) in [5, 5.41) is 0. The summed E-state index contributed by atoms with van der Waals surface area (Å²) in [6.07, 6.45) is -33.6. The molecule has 3 spiro atoms. The number of hydrogen-bond donors (Lipinski definition) is 0. The van der Waals surface area contributed by atoms with Crippen molar-refractivity contribution in [2.24, 2.45) is 0 Å². The second kappa shape index (κ2) is 28.1. The molecule has 3 aromatic carbocycles. The van der Waals surface area contributed by atoms with Crippen LogP contribution in [0.25, 0.3) is 0 Å². The summed E-state index contributed by atoms with van der Waals surface area (Å²) in [5.41, 5.74) is -3.64. The first-order valence-corrected chi connectivity index (χ1v) is 34.6. The van der Waals surface area contributed by atoms with E-state index in [1.807, 2.05) is 0 Å². The van der Waals surface area contributed by atoms with Gasteiger partial charge in [0, 0.05) is 78.5 Å². The Hall–Kier alpha value is -5.44. The Balaban J connectivity index is 0.866. The first-order valence-electron chi connectivity index (χ1n) is 28.8. The molecule has 512 valence electrons. The molecule has 6 aliphatic rings. The van der Waals surface area contributed by atoms with Gasteiger partial charge in [-0.25, -0.2) is 44.2 Å². The number of phosphoric ester groups is 1. The van der Waals surface area contributed by atoms with Crippen LogP contribution >= 0.6 is 7.82 Å². The Morgan fingerprint density at radius 3 is 0.859 bits per heavy atom. The average molecular weight is 1400 g/mol. The van der Waals surface area contributed by atoms with Crippen LogP contribution in [0, 0.1) is 0 Å². The molecule has 6 saturated heterocycles. The van der Waals surface area contributed by atoms with Crippen molar-refractivity contribution < 1.29 is 126 Å². The second-order valence-corrected chi connectivity index (χ2v) is 30.1. The fourth-order valence-corrected chi connectivity index (χ4v) is 17.0. The molecular formula is C54H66F9N6O19PS3. The minimum absolute atomic E-state index is 0.0204. The first-order chi connectivity index (χ1) is 43.2. The van der Waals surface area contributed by atoms with Crippen LogP contribution in [0.5, 0.6) is 0 Å². The third kappa shape index (κ3) is 17.0. The van der Waals surface area contributed by atoms with Gasteiger partial charge in [0.05, 0.1) is 51.3 Å². The van der Waals surface area contributed by atoms with E-state index in [1.54, 1.807) is 18.2 Å². The summed E-state index contributed by atoms with van der Waals surface area (Å²) >= 11 is 0. The lowest BCUT2D eigenvalue weighted by Gasteiger charge is -2.46. The standard InChI is InChI=1S/C54H66F9N6O19PS3/c55-52(56,57)43(86-46(70)64-22-16-49(17-23-64)37-67(28-31-80-49)90(74,75)40-10-4-1-5-11-40)34-83-89(73,84-35-44(53(58,59)60)87-47(71)65-24-18-50(19-25-65)38-68(29-32-81-50)91(76,77)41-12-6-2-7-13-41)85-36-45(54(61,62)63)88-48(72)66-26-20-51(21-27-66)39-69(30-33-82-51)92(78,79)42-14-8-3-9-15-42/h1-15,43-45H,16-39H2/t43-,44-,45-/m1/s1. The molecule has 6 heterocycles. The lowest BCUT2D eigenvalue weighted by molar-refractivity contribution is -0.222. The van der Waals surface area contributed by atoms with Gasteiger partial charge >= 0.3 is 44.6 Å². The van der Waals surface area contributed by atoms with Gasteiger partial charge < -0.3 is 43.1 Å². The molecular weight excluding hydrogens is 1330 g/mol. The number of carbonyl (C=O) groups is 3. The van der Waals surface area contributed by atoms with E-state index in [2.05, 4.69) is 0 Å². The van der Waals surface area contributed by atoms with E-state index in [1.165, 1.54) is 72.8 Å². The van der Waals surface area contributed by atoms with Crippen molar-refractivity contribution in [3.8, 4) is 0 Å². The Bertz CT molecular complexity index is 3080. The Morgan fingerprint density at radius 1 is 0.413 bits per heavy atom. The van der Waals surface area contributed by atoms with E-state index in [0.29, 0.717) is 0 Å². The Kier molecular flexibility index (Phi) is 21.6. The van der Waals surface area contributed by atoms with Crippen molar-refractivity contribution >= 4 is 56.2 Å². The van der Waals surface area contributed by atoms with Gasteiger partial charge in [-0.1, -0.05) is 54.6 Å². The molecule has 38 heteroatoms. The number of alkyl halides is 9. The van der Waals surface area contributed by atoms with E-state index in [0.717, 1.165) is 27.6 Å². The first kappa shape index (κ1) is 70.9. The normalized spacial score (nSPS) is 21.8. The molecule has 0 N–H and O–H groups in total. The minimum Gasteiger partial charge on any atom is -0.434 e. The molecule has 25 nitrogen and oxygen atoms in total. The highest BCUT2D eigenvalue weighted by molar-refractivity contribution is 7.89. The average Bonchev–Trinajstić information content (AvgIpc) is 0.797. The fraction of sp³-hybridized carbons (Fsp3) is 0.611. The molecule has 9 rings (SSSR count). The third-order valence-electron chi connectivity index (χ3n) is 16.6. The molecule has 3 aromatic rings.